The molecule has 4 aromatic carbocycles. The molecule has 0 spiro atoms. The maximum absolute atomic E-state index is 13.0. The topological polar surface area (TPSA) is 26.3 Å². The van der Waals surface area contributed by atoms with Gasteiger partial charge in [0.1, 0.15) is 0 Å². The summed E-state index contributed by atoms with van der Waals surface area (Å²) in [5.74, 6) is -0.291. The summed E-state index contributed by atoms with van der Waals surface area (Å²) >= 11 is 0. The number of carbonyl (C=O) groups excluding carboxylic acids is 1. The monoisotopic (exact) mass is 362 g/mol. The van der Waals surface area contributed by atoms with Gasteiger partial charge in [0.15, 0.2) is 5.60 Å². The summed E-state index contributed by atoms with van der Waals surface area (Å²) in [4.78, 5) is 13.0. The molecular weight excluding hydrogens is 344 g/mol. The fourth-order valence-electron chi connectivity index (χ4n) is 4.12. The summed E-state index contributed by atoms with van der Waals surface area (Å²) in [7, 11) is 0. The third-order valence-corrected chi connectivity index (χ3v) is 5.33. The maximum atomic E-state index is 13.0. The van der Waals surface area contributed by atoms with Crippen LogP contribution in [0, 0.1) is 0 Å². The molecule has 0 bridgehead atoms. The highest BCUT2D eigenvalue weighted by molar-refractivity contribution is 5.99. The van der Waals surface area contributed by atoms with Gasteiger partial charge in [-0.2, -0.15) is 0 Å². The normalized spacial score (nSPS) is 14.4. The minimum absolute atomic E-state index is 0.291. The SMILES string of the molecule is O=C1OC(c2ccccc2)(c2ccccc2)c2c1cccc2-c1ccccc1. The van der Waals surface area contributed by atoms with Gasteiger partial charge in [-0.25, -0.2) is 4.79 Å². The molecule has 1 heterocycles. The first-order valence-electron chi connectivity index (χ1n) is 9.34. The molecule has 0 unspecified atom stereocenters. The van der Waals surface area contributed by atoms with Gasteiger partial charge in [0.25, 0.3) is 0 Å². The number of esters is 1. The Morgan fingerprint density at radius 1 is 0.536 bits per heavy atom. The summed E-state index contributed by atoms with van der Waals surface area (Å²) < 4.78 is 6.21. The Balaban J connectivity index is 1.89. The minimum Gasteiger partial charge on any atom is -0.441 e. The second-order valence-electron chi connectivity index (χ2n) is 6.90. The molecule has 2 heteroatoms. The zero-order valence-electron chi connectivity index (χ0n) is 15.2. The van der Waals surface area contributed by atoms with Crippen LogP contribution < -0.4 is 0 Å². The van der Waals surface area contributed by atoms with E-state index in [1.165, 1.54) is 0 Å². The van der Waals surface area contributed by atoms with Crippen LogP contribution in [0.5, 0.6) is 0 Å². The highest BCUT2D eigenvalue weighted by atomic mass is 16.6. The second-order valence-corrected chi connectivity index (χ2v) is 6.90. The molecule has 5 rings (SSSR count). The molecule has 1 aliphatic rings. The van der Waals surface area contributed by atoms with Crippen molar-refractivity contribution in [3.8, 4) is 11.1 Å². The maximum Gasteiger partial charge on any atom is 0.340 e. The average molecular weight is 362 g/mol. The number of ether oxygens (including phenoxy) is 1. The Bertz CT molecular complexity index is 1090. The van der Waals surface area contributed by atoms with Crippen LogP contribution in [0.2, 0.25) is 0 Å². The summed E-state index contributed by atoms with van der Waals surface area (Å²) in [6, 6.07) is 36.0. The molecule has 0 saturated heterocycles. The van der Waals surface area contributed by atoms with E-state index in [0.29, 0.717) is 5.56 Å². The van der Waals surface area contributed by atoms with E-state index in [4.69, 9.17) is 4.74 Å². The number of benzene rings is 4. The minimum atomic E-state index is -0.971. The van der Waals surface area contributed by atoms with Crippen molar-refractivity contribution in [2.45, 2.75) is 5.60 Å². The van der Waals surface area contributed by atoms with Gasteiger partial charge in [-0.3, -0.25) is 0 Å². The van der Waals surface area contributed by atoms with Gasteiger partial charge >= 0.3 is 5.97 Å². The van der Waals surface area contributed by atoms with Crippen LogP contribution in [0.15, 0.2) is 109 Å². The second kappa shape index (κ2) is 6.50. The number of rotatable bonds is 3. The standard InChI is InChI=1S/C26H18O2/c27-25-23-18-10-17-22(19-11-4-1-5-12-19)24(23)26(28-25,20-13-6-2-7-14-20)21-15-8-3-9-16-21/h1-18H. The smallest absolute Gasteiger partial charge is 0.340 e. The lowest BCUT2D eigenvalue weighted by molar-refractivity contribution is 0.0252. The molecule has 134 valence electrons. The Hall–Kier alpha value is -3.65. The van der Waals surface area contributed by atoms with Crippen molar-refractivity contribution in [1.29, 1.82) is 0 Å². The summed E-state index contributed by atoms with van der Waals surface area (Å²) in [5, 5.41) is 0. The Morgan fingerprint density at radius 3 is 1.61 bits per heavy atom. The van der Waals surface area contributed by atoms with Crippen molar-refractivity contribution < 1.29 is 9.53 Å². The van der Waals surface area contributed by atoms with Gasteiger partial charge in [-0.1, -0.05) is 103 Å². The molecule has 0 saturated carbocycles. The molecule has 0 atom stereocenters. The van der Waals surface area contributed by atoms with Gasteiger partial charge in [0.2, 0.25) is 0 Å². The van der Waals surface area contributed by atoms with E-state index < -0.39 is 5.60 Å². The fraction of sp³-hybridized carbons (Fsp3) is 0.0385. The molecule has 2 nitrogen and oxygen atoms in total. The van der Waals surface area contributed by atoms with E-state index >= 15 is 0 Å². The van der Waals surface area contributed by atoms with E-state index in [2.05, 4.69) is 18.2 Å². The van der Waals surface area contributed by atoms with Crippen molar-refractivity contribution in [3.63, 3.8) is 0 Å². The fourth-order valence-corrected chi connectivity index (χ4v) is 4.12. The van der Waals surface area contributed by atoms with Crippen LogP contribution in [0.4, 0.5) is 0 Å². The number of cyclic esters (lactones) is 1. The van der Waals surface area contributed by atoms with E-state index in [9.17, 15) is 4.79 Å². The number of fused-ring (bicyclic) bond motifs is 1. The summed E-state index contributed by atoms with van der Waals surface area (Å²) in [6.45, 7) is 0. The zero-order valence-corrected chi connectivity index (χ0v) is 15.2. The number of hydrogen-bond acceptors (Lipinski definition) is 2. The largest absolute Gasteiger partial charge is 0.441 e. The highest BCUT2D eigenvalue weighted by Gasteiger charge is 2.49. The van der Waals surface area contributed by atoms with Crippen LogP contribution >= 0.6 is 0 Å². The summed E-state index contributed by atoms with van der Waals surface area (Å²) in [5.41, 5.74) is 4.51. The van der Waals surface area contributed by atoms with Crippen molar-refractivity contribution in [1.82, 2.24) is 0 Å². The van der Waals surface area contributed by atoms with E-state index in [-0.39, 0.29) is 5.97 Å². The zero-order chi connectivity index (χ0) is 19.0. The van der Waals surface area contributed by atoms with Crippen molar-refractivity contribution in [2.75, 3.05) is 0 Å². The molecule has 4 aromatic rings. The molecule has 0 amide bonds. The lowest BCUT2D eigenvalue weighted by Gasteiger charge is -2.31. The first-order valence-corrected chi connectivity index (χ1v) is 9.34. The molecule has 0 fully saturated rings. The predicted molar refractivity (Wildman–Crippen MR) is 110 cm³/mol. The molecule has 0 radical (unpaired) electrons. The first-order chi connectivity index (χ1) is 13.8. The highest BCUT2D eigenvalue weighted by Crippen LogP contribution is 2.50. The predicted octanol–water partition coefficient (Wildman–Crippen LogP) is 5.82. The molecule has 0 aromatic heterocycles. The van der Waals surface area contributed by atoms with Crippen LogP contribution in [0.1, 0.15) is 27.0 Å². The van der Waals surface area contributed by atoms with Crippen molar-refractivity contribution in [2.24, 2.45) is 0 Å². The van der Waals surface area contributed by atoms with Crippen LogP contribution in [0.3, 0.4) is 0 Å². The Morgan fingerprint density at radius 2 is 1.04 bits per heavy atom. The van der Waals surface area contributed by atoms with E-state index in [1.54, 1.807) is 0 Å². The quantitative estimate of drug-likeness (QED) is 0.430. The van der Waals surface area contributed by atoms with Crippen LogP contribution in [0.25, 0.3) is 11.1 Å². The van der Waals surface area contributed by atoms with Crippen LogP contribution in [-0.2, 0) is 10.3 Å². The van der Waals surface area contributed by atoms with Gasteiger partial charge < -0.3 is 4.74 Å². The third kappa shape index (κ3) is 2.39. The Labute approximate surface area is 164 Å². The van der Waals surface area contributed by atoms with Gasteiger partial charge in [-0.05, 0) is 17.2 Å². The molecule has 0 N–H and O–H groups in total. The lowest BCUT2D eigenvalue weighted by Crippen LogP contribution is -2.30. The van der Waals surface area contributed by atoms with Crippen molar-refractivity contribution in [3.05, 3.63) is 131 Å². The third-order valence-electron chi connectivity index (χ3n) is 5.33. The van der Waals surface area contributed by atoms with Gasteiger partial charge in [-0.15, -0.1) is 0 Å². The molecule has 0 aliphatic carbocycles. The number of hydrogen-bond donors (Lipinski definition) is 0. The molecular formula is C26H18O2. The molecule has 28 heavy (non-hydrogen) atoms. The van der Waals surface area contributed by atoms with E-state index in [1.807, 2.05) is 91.0 Å². The summed E-state index contributed by atoms with van der Waals surface area (Å²) in [6.07, 6.45) is 0. The van der Waals surface area contributed by atoms with Gasteiger partial charge in [0.05, 0.1) is 5.56 Å². The molecule has 1 aliphatic heterocycles. The lowest BCUT2D eigenvalue weighted by atomic mass is 9.76. The van der Waals surface area contributed by atoms with Gasteiger partial charge in [0, 0.05) is 16.7 Å². The average Bonchev–Trinajstić information content (AvgIpc) is 3.09. The van der Waals surface area contributed by atoms with Crippen molar-refractivity contribution >= 4 is 5.97 Å². The first kappa shape index (κ1) is 16.5. The van der Waals surface area contributed by atoms with E-state index in [0.717, 1.165) is 27.8 Å². The Kier molecular flexibility index (Phi) is 3.84. The van der Waals surface area contributed by atoms with Crippen LogP contribution in [-0.4, -0.2) is 5.97 Å². The number of carbonyl (C=O) groups is 1.